The molecule has 1 heteroatoms. The first-order chi connectivity index (χ1) is 7.03. The van der Waals surface area contributed by atoms with Gasteiger partial charge in [-0.2, -0.15) is 0 Å². The molecule has 0 saturated heterocycles. The maximum atomic E-state index is 10.6. The minimum atomic E-state index is -0.129. The van der Waals surface area contributed by atoms with Crippen molar-refractivity contribution in [2.75, 3.05) is 0 Å². The summed E-state index contributed by atoms with van der Waals surface area (Å²) in [5.41, 5.74) is 0.440. The van der Waals surface area contributed by atoms with Crippen LogP contribution in [0.4, 0.5) is 0 Å². The van der Waals surface area contributed by atoms with E-state index in [0.717, 1.165) is 5.92 Å². The Morgan fingerprint density at radius 2 is 1.12 bits per heavy atom. The van der Waals surface area contributed by atoms with Gasteiger partial charge >= 0.3 is 0 Å². The van der Waals surface area contributed by atoms with Crippen molar-refractivity contribution in [3.8, 4) is 0 Å². The lowest BCUT2D eigenvalue weighted by molar-refractivity contribution is -0.0808. The van der Waals surface area contributed by atoms with Gasteiger partial charge in [0.25, 0.3) is 0 Å². The Balaban J connectivity index is 2.91. The lowest BCUT2D eigenvalue weighted by Gasteiger charge is -2.48. The molecule has 0 heterocycles. The van der Waals surface area contributed by atoms with Crippen LogP contribution in [0.3, 0.4) is 0 Å². The van der Waals surface area contributed by atoms with E-state index in [2.05, 4.69) is 48.5 Å². The highest BCUT2D eigenvalue weighted by molar-refractivity contribution is 4.94. The molecule has 2 atom stereocenters. The average molecular weight is 226 g/mol. The van der Waals surface area contributed by atoms with Gasteiger partial charge in [0, 0.05) is 0 Å². The van der Waals surface area contributed by atoms with Crippen LogP contribution in [-0.4, -0.2) is 11.2 Å². The molecule has 0 aromatic heterocycles. The predicted octanol–water partition coefficient (Wildman–Crippen LogP) is 4.10. The summed E-state index contributed by atoms with van der Waals surface area (Å²) in [7, 11) is 0. The fourth-order valence-corrected chi connectivity index (χ4v) is 3.25. The summed E-state index contributed by atoms with van der Waals surface area (Å²) in [6.45, 7) is 15.9. The molecule has 0 radical (unpaired) electrons. The third-order valence-corrected chi connectivity index (χ3v) is 4.36. The third-order valence-electron chi connectivity index (χ3n) is 4.36. The number of hydrogen-bond acceptors (Lipinski definition) is 1. The van der Waals surface area contributed by atoms with Crippen molar-refractivity contribution < 1.29 is 5.11 Å². The van der Waals surface area contributed by atoms with Gasteiger partial charge in [0.2, 0.25) is 0 Å². The fraction of sp³-hybridized carbons (Fsp3) is 1.00. The largest absolute Gasteiger partial charge is 0.393 e. The van der Waals surface area contributed by atoms with Crippen LogP contribution in [-0.2, 0) is 0 Å². The van der Waals surface area contributed by atoms with E-state index in [1.165, 1.54) is 12.8 Å². The summed E-state index contributed by atoms with van der Waals surface area (Å²) in [5.74, 6) is 1.64. The van der Waals surface area contributed by atoms with Gasteiger partial charge in [-0.1, -0.05) is 48.5 Å². The van der Waals surface area contributed by atoms with Gasteiger partial charge in [-0.3, -0.25) is 0 Å². The standard InChI is InChI=1S/C15H30O/c1-10-8-11(14(2,3)4)13(16)12(9-10)15(5,6)7/h10-13,16H,8-9H2,1-7H3/t10?,11-,12-,13?/m1/s1. The lowest BCUT2D eigenvalue weighted by Crippen LogP contribution is -2.47. The Bertz CT molecular complexity index is 207. The van der Waals surface area contributed by atoms with Crippen LogP contribution in [0.5, 0.6) is 0 Å². The second-order valence-corrected chi connectivity index (χ2v) is 8.01. The van der Waals surface area contributed by atoms with Crippen molar-refractivity contribution >= 4 is 0 Å². The highest BCUT2D eigenvalue weighted by Gasteiger charge is 2.44. The maximum Gasteiger partial charge on any atom is 0.0606 e. The molecule has 0 spiro atoms. The van der Waals surface area contributed by atoms with Crippen molar-refractivity contribution in [3.05, 3.63) is 0 Å². The van der Waals surface area contributed by atoms with Gasteiger partial charge in [0.15, 0.2) is 0 Å². The molecule has 0 aromatic carbocycles. The average Bonchev–Trinajstić information content (AvgIpc) is 2.04. The van der Waals surface area contributed by atoms with E-state index in [-0.39, 0.29) is 16.9 Å². The number of aliphatic hydroxyl groups excluding tert-OH is 1. The van der Waals surface area contributed by atoms with Crippen LogP contribution in [0.15, 0.2) is 0 Å². The van der Waals surface area contributed by atoms with Gasteiger partial charge < -0.3 is 5.11 Å². The van der Waals surface area contributed by atoms with E-state index in [1.54, 1.807) is 0 Å². The Labute approximate surface area is 102 Å². The highest BCUT2D eigenvalue weighted by Crippen LogP contribution is 2.48. The Hall–Kier alpha value is -0.0400. The van der Waals surface area contributed by atoms with Crippen LogP contribution in [0.1, 0.15) is 61.3 Å². The van der Waals surface area contributed by atoms with E-state index in [9.17, 15) is 5.11 Å². The molecule has 1 rings (SSSR count). The van der Waals surface area contributed by atoms with E-state index >= 15 is 0 Å². The van der Waals surface area contributed by atoms with E-state index in [0.29, 0.717) is 11.8 Å². The van der Waals surface area contributed by atoms with Crippen LogP contribution in [0, 0.1) is 28.6 Å². The molecule has 0 unspecified atom stereocenters. The number of aliphatic hydroxyl groups is 1. The molecule has 0 amide bonds. The first-order valence-corrected chi connectivity index (χ1v) is 6.71. The van der Waals surface area contributed by atoms with Crippen molar-refractivity contribution in [1.82, 2.24) is 0 Å². The first-order valence-electron chi connectivity index (χ1n) is 6.71. The van der Waals surface area contributed by atoms with Gasteiger partial charge in [-0.25, -0.2) is 0 Å². The van der Waals surface area contributed by atoms with Crippen LogP contribution in [0.25, 0.3) is 0 Å². The molecular weight excluding hydrogens is 196 g/mol. The molecular formula is C15H30O. The highest BCUT2D eigenvalue weighted by atomic mass is 16.3. The zero-order valence-corrected chi connectivity index (χ0v) is 12.2. The fourth-order valence-electron chi connectivity index (χ4n) is 3.25. The van der Waals surface area contributed by atoms with Crippen molar-refractivity contribution in [3.63, 3.8) is 0 Å². The molecule has 1 fully saturated rings. The molecule has 1 aliphatic carbocycles. The number of rotatable bonds is 0. The van der Waals surface area contributed by atoms with Crippen molar-refractivity contribution in [2.24, 2.45) is 28.6 Å². The summed E-state index contributed by atoms with van der Waals surface area (Å²) in [5, 5.41) is 10.6. The second-order valence-electron chi connectivity index (χ2n) is 8.01. The summed E-state index contributed by atoms with van der Waals surface area (Å²) >= 11 is 0. The molecule has 96 valence electrons. The van der Waals surface area contributed by atoms with Crippen molar-refractivity contribution in [2.45, 2.75) is 67.4 Å². The summed E-state index contributed by atoms with van der Waals surface area (Å²) in [6, 6.07) is 0. The molecule has 0 aromatic rings. The predicted molar refractivity (Wildman–Crippen MR) is 70.3 cm³/mol. The number of hydrogen-bond donors (Lipinski definition) is 1. The molecule has 0 bridgehead atoms. The molecule has 1 aliphatic rings. The minimum Gasteiger partial charge on any atom is -0.393 e. The quantitative estimate of drug-likeness (QED) is 0.659. The normalized spacial score (nSPS) is 37.5. The zero-order chi connectivity index (χ0) is 12.7. The molecule has 0 aliphatic heterocycles. The van der Waals surface area contributed by atoms with Crippen LogP contribution < -0.4 is 0 Å². The maximum absolute atomic E-state index is 10.6. The summed E-state index contributed by atoms with van der Waals surface area (Å²) in [6.07, 6.45) is 2.23. The van der Waals surface area contributed by atoms with E-state index in [4.69, 9.17) is 0 Å². The SMILES string of the molecule is CC1C[C@@H](C(C)(C)C)C(O)[C@H](C(C)(C)C)C1. The summed E-state index contributed by atoms with van der Waals surface area (Å²) < 4.78 is 0. The van der Waals surface area contributed by atoms with Gasteiger partial charge in [0.1, 0.15) is 0 Å². The molecule has 1 N–H and O–H groups in total. The van der Waals surface area contributed by atoms with Crippen molar-refractivity contribution in [1.29, 1.82) is 0 Å². The smallest absolute Gasteiger partial charge is 0.0606 e. The monoisotopic (exact) mass is 226 g/mol. The van der Waals surface area contributed by atoms with Gasteiger partial charge in [0.05, 0.1) is 6.10 Å². The Kier molecular flexibility index (Phi) is 3.79. The third kappa shape index (κ3) is 3.00. The van der Waals surface area contributed by atoms with Gasteiger partial charge in [-0.05, 0) is 41.4 Å². The Morgan fingerprint density at radius 1 is 0.812 bits per heavy atom. The summed E-state index contributed by atoms with van der Waals surface area (Å²) in [4.78, 5) is 0. The molecule has 1 nitrogen and oxygen atoms in total. The van der Waals surface area contributed by atoms with Crippen LogP contribution in [0.2, 0.25) is 0 Å². The molecule has 1 saturated carbocycles. The minimum absolute atomic E-state index is 0.129. The lowest BCUT2D eigenvalue weighted by atomic mass is 9.59. The van der Waals surface area contributed by atoms with Gasteiger partial charge in [-0.15, -0.1) is 0 Å². The molecule has 16 heavy (non-hydrogen) atoms. The Morgan fingerprint density at radius 3 is 1.38 bits per heavy atom. The van der Waals surface area contributed by atoms with E-state index in [1.807, 2.05) is 0 Å². The van der Waals surface area contributed by atoms with Crippen LogP contribution >= 0.6 is 0 Å². The topological polar surface area (TPSA) is 20.2 Å². The first kappa shape index (κ1) is 14.0. The second kappa shape index (κ2) is 4.33. The van der Waals surface area contributed by atoms with E-state index < -0.39 is 0 Å². The zero-order valence-electron chi connectivity index (χ0n) is 12.2.